The molecule has 0 aliphatic rings. The summed E-state index contributed by atoms with van der Waals surface area (Å²) in [5.41, 5.74) is 5.20. The maximum atomic E-state index is 9.49. The van der Waals surface area contributed by atoms with Gasteiger partial charge in [0, 0.05) is 0 Å². The van der Waals surface area contributed by atoms with Crippen LogP contribution in [0.2, 0.25) is 0 Å². The summed E-state index contributed by atoms with van der Waals surface area (Å²) in [7, 11) is 0. The average molecular weight is 116 g/mol. The first kappa shape index (κ1) is 7.56. The van der Waals surface area contributed by atoms with E-state index >= 15 is 0 Å². The number of unbranched alkanes of at least 4 members (excludes halogenated alkanes) is 2. The number of nitrogens with two attached hydrogens (primary N) is 1. The van der Waals surface area contributed by atoms with Crippen molar-refractivity contribution in [3.05, 3.63) is 4.91 Å². The fourth-order valence-electron chi connectivity index (χ4n) is 0.497. The fourth-order valence-corrected chi connectivity index (χ4v) is 0.497. The molecule has 0 saturated heterocycles. The molecule has 2 N–H and O–H groups in total. The van der Waals surface area contributed by atoms with Crippen LogP contribution in [0.4, 0.5) is 0 Å². The Hall–Kier alpha value is -0.440. The van der Waals surface area contributed by atoms with Crippen LogP contribution in [-0.4, -0.2) is 13.1 Å². The predicted octanol–water partition coefficient (Wildman–Crippen LogP) is 0.882. The van der Waals surface area contributed by atoms with E-state index in [0.29, 0.717) is 6.54 Å². The standard InChI is InChI=1S/C5H12N2O/c6-4-2-1-3-5-7-8/h1-6H2. The van der Waals surface area contributed by atoms with Crippen molar-refractivity contribution in [1.82, 2.24) is 0 Å². The fraction of sp³-hybridized carbons (Fsp3) is 1.00. The van der Waals surface area contributed by atoms with E-state index in [2.05, 4.69) is 5.18 Å². The molecule has 0 unspecified atom stereocenters. The Bertz CT molecular complexity index is 56.4. The largest absolute Gasteiger partial charge is 0.330 e. The molecule has 0 atom stereocenters. The molecule has 0 rings (SSSR count). The number of rotatable bonds is 5. The van der Waals surface area contributed by atoms with Crippen LogP contribution in [0.25, 0.3) is 0 Å². The first-order valence-electron chi connectivity index (χ1n) is 2.91. The van der Waals surface area contributed by atoms with Crippen LogP contribution in [0, 0.1) is 4.91 Å². The second kappa shape index (κ2) is 6.56. The minimum Gasteiger partial charge on any atom is -0.330 e. The van der Waals surface area contributed by atoms with Gasteiger partial charge in [0.2, 0.25) is 0 Å². The molecule has 0 fully saturated rings. The van der Waals surface area contributed by atoms with Gasteiger partial charge in [-0.15, -0.1) is 0 Å². The second-order valence-electron chi connectivity index (χ2n) is 1.70. The van der Waals surface area contributed by atoms with Gasteiger partial charge in [0.1, 0.15) is 0 Å². The first-order chi connectivity index (χ1) is 3.91. The Balaban J connectivity index is 2.62. The predicted molar refractivity (Wildman–Crippen MR) is 33.6 cm³/mol. The van der Waals surface area contributed by atoms with Gasteiger partial charge in [-0.25, -0.2) is 0 Å². The van der Waals surface area contributed by atoms with Gasteiger partial charge in [0.25, 0.3) is 0 Å². The summed E-state index contributed by atoms with van der Waals surface area (Å²) in [6.07, 6.45) is 2.93. The van der Waals surface area contributed by atoms with E-state index in [0.717, 1.165) is 25.8 Å². The van der Waals surface area contributed by atoms with Crippen molar-refractivity contribution in [3.63, 3.8) is 0 Å². The number of hydrogen-bond acceptors (Lipinski definition) is 3. The molecular weight excluding hydrogens is 104 g/mol. The maximum Gasteiger partial charge on any atom is 0.0811 e. The van der Waals surface area contributed by atoms with Gasteiger partial charge in [-0.2, -0.15) is 4.91 Å². The molecule has 48 valence electrons. The monoisotopic (exact) mass is 116 g/mol. The van der Waals surface area contributed by atoms with E-state index in [-0.39, 0.29) is 0 Å². The Morgan fingerprint density at radius 3 is 2.50 bits per heavy atom. The minimum absolute atomic E-state index is 0.444. The second-order valence-corrected chi connectivity index (χ2v) is 1.70. The molecule has 0 aliphatic carbocycles. The van der Waals surface area contributed by atoms with E-state index in [1.54, 1.807) is 0 Å². The average Bonchev–Trinajstić information content (AvgIpc) is 1.81. The summed E-state index contributed by atoms with van der Waals surface area (Å²) >= 11 is 0. The summed E-state index contributed by atoms with van der Waals surface area (Å²) in [5, 5.41) is 2.72. The third-order valence-electron chi connectivity index (χ3n) is 0.954. The summed E-state index contributed by atoms with van der Waals surface area (Å²) in [6.45, 7) is 1.17. The normalized spacial score (nSPS) is 9.12. The Kier molecular flexibility index (Phi) is 6.20. The molecule has 0 saturated carbocycles. The van der Waals surface area contributed by atoms with Gasteiger partial charge >= 0.3 is 0 Å². The molecular formula is C5H12N2O. The SMILES string of the molecule is NCCCCCN=O. The summed E-state index contributed by atoms with van der Waals surface area (Å²) in [5.74, 6) is 0. The third-order valence-corrected chi connectivity index (χ3v) is 0.954. The Morgan fingerprint density at radius 2 is 2.00 bits per heavy atom. The number of nitroso groups, excluding NO2 is 1. The maximum absolute atomic E-state index is 9.49. The minimum atomic E-state index is 0.444. The Labute approximate surface area is 49.2 Å². The summed E-state index contributed by atoms with van der Waals surface area (Å²) in [6, 6.07) is 0. The molecule has 0 spiro atoms. The molecule has 0 amide bonds. The van der Waals surface area contributed by atoms with Crippen molar-refractivity contribution in [2.75, 3.05) is 13.1 Å². The zero-order chi connectivity index (χ0) is 6.24. The van der Waals surface area contributed by atoms with Crippen LogP contribution in [0.5, 0.6) is 0 Å². The van der Waals surface area contributed by atoms with E-state index in [9.17, 15) is 4.91 Å². The van der Waals surface area contributed by atoms with Crippen LogP contribution < -0.4 is 5.73 Å². The molecule has 0 aromatic rings. The van der Waals surface area contributed by atoms with Crippen molar-refractivity contribution in [1.29, 1.82) is 0 Å². The van der Waals surface area contributed by atoms with Crippen molar-refractivity contribution in [2.24, 2.45) is 10.9 Å². The molecule has 0 heterocycles. The molecule has 3 heteroatoms. The molecule has 8 heavy (non-hydrogen) atoms. The number of hydrogen-bond donors (Lipinski definition) is 1. The lowest BCUT2D eigenvalue weighted by atomic mass is 10.2. The zero-order valence-electron chi connectivity index (χ0n) is 4.97. The highest BCUT2D eigenvalue weighted by Crippen LogP contribution is 1.91. The topological polar surface area (TPSA) is 55.4 Å². The molecule has 0 aromatic heterocycles. The molecule has 0 radical (unpaired) electrons. The Morgan fingerprint density at radius 1 is 1.25 bits per heavy atom. The third kappa shape index (κ3) is 5.56. The highest BCUT2D eigenvalue weighted by molar-refractivity contribution is 4.44. The summed E-state index contributed by atoms with van der Waals surface area (Å²) in [4.78, 5) is 9.49. The van der Waals surface area contributed by atoms with Crippen LogP contribution in [0.1, 0.15) is 19.3 Å². The smallest absolute Gasteiger partial charge is 0.0811 e. The van der Waals surface area contributed by atoms with Crippen molar-refractivity contribution >= 4 is 0 Å². The van der Waals surface area contributed by atoms with Gasteiger partial charge in [0.15, 0.2) is 0 Å². The highest BCUT2D eigenvalue weighted by atomic mass is 16.3. The molecule has 0 bridgehead atoms. The lowest BCUT2D eigenvalue weighted by Gasteiger charge is -1.90. The zero-order valence-corrected chi connectivity index (χ0v) is 4.97. The van der Waals surface area contributed by atoms with E-state index in [4.69, 9.17) is 5.73 Å². The molecule has 0 aliphatic heterocycles. The van der Waals surface area contributed by atoms with Gasteiger partial charge < -0.3 is 5.73 Å². The highest BCUT2D eigenvalue weighted by Gasteiger charge is 1.84. The van der Waals surface area contributed by atoms with Gasteiger partial charge in [-0.05, 0) is 19.4 Å². The van der Waals surface area contributed by atoms with Crippen molar-refractivity contribution in [3.8, 4) is 0 Å². The lowest BCUT2D eigenvalue weighted by molar-refractivity contribution is 0.694. The van der Waals surface area contributed by atoms with Crippen LogP contribution in [-0.2, 0) is 0 Å². The van der Waals surface area contributed by atoms with Gasteiger partial charge in [-0.3, -0.25) is 0 Å². The van der Waals surface area contributed by atoms with Crippen LogP contribution in [0.15, 0.2) is 5.18 Å². The van der Waals surface area contributed by atoms with Crippen LogP contribution >= 0.6 is 0 Å². The summed E-state index contributed by atoms with van der Waals surface area (Å²) < 4.78 is 0. The van der Waals surface area contributed by atoms with Gasteiger partial charge in [-0.1, -0.05) is 11.6 Å². The number of nitrogens with zero attached hydrogens (tertiary/aromatic N) is 1. The van der Waals surface area contributed by atoms with E-state index in [1.165, 1.54) is 0 Å². The quantitative estimate of drug-likeness (QED) is 0.428. The molecule has 0 aromatic carbocycles. The van der Waals surface area contributed by atoms with E-state index < -0.39 is 0 Å². The molecule has 3 nitrogen and oxygen atoms in total. The van der Waals surface area contributed by atoms with Crippen molar-refractivity contribution in [2.45, 2.75) is 19.3 Å². The first-order valence-corrected chi connectivity index (χ1v) is 2.91. The van der Waals surface area contributed by atoms with Crippen LogP contribution in [0.3, 0.4) is 0 Å². The lowest BCUT2D eigenvalue weighted by Crippen LogP contribution is -1.97. The van der Waals surface area contributed by atoms with E-state index in [1.807, 2.05) is 0 Å². The van der Waals surface area contributed by atoms with Crippen molar-refractivity contribution < 1.29 is 0 Å². The van der Waals surface area contributed by atoms with Gasteiger partial charge in [0.05, 0.1) is 6.54 Å².